The third kappa shape index (κ3) is 3.09. The molecule has 1 heterocycles. The lowest BCUT2D eigenvalue weighted by molar-refractivity contribution is 0.624. The summed E-state index contributed by atoms with van der Waals surface area (Å²) in [6.45, 7) is 3.55. The number of nitrogens with zero attached hydrogens (tertiary/aromatic N) is 1. The first kappa shape index (κ1) is 13.1. The van der Waals surface area contributed by atoms with E-state index in [0.29, 0.717) is 6.54 Å². The lowest BCUT2D eigenvalue weighted by Crippen LogP contribution is -2.31. The monoisotopic (exact) mass is 264 g/mol. The zero-order chi connectivity index (χ0) is 13.0. The van der Waals surface area contributed by atoms with Gasteiger partial charge >= 0.3 is 0 Å². The van der Waals surface area contributed by atoms with E-state index in [1.807, 2.05) is 30.5 Å². The van der Waals surface area contributed by atoms with Crippen molar-refractivity contribution in [1.82, 2.24) is 0 Å². The van der Waals surface area contributed by atoms with Crippen LogP contribution < -0.4 is 10.6 Å². The lowest BCUT2D eigenvalue weighted by atomic mass is 10.2. The second-order valence-corrected chi connectivity index (χ2v) is 5.12. The molecule has 18 heavy (non-hydrogen) atoms. The Labute approximate surface area is 111 Å². The number of rotatable bonds is 5. The van der Waals surface area contributed by atoms with E-state index in [9.17, 15) is 4.39 Å². The molecule has 1 atom stereocenters. The highest BCUT2D eigenvalue weighted by Gasteiger charge is 2.12. The molecule has 0 aliphatic rings. The smallest absolute Gasteiger partial charge is 0.125 e. The molecule has 0 spiro atoms. The van der Waals surface area contributed by atoms with Crippen molar-refractivity contribution >= 4 is 17.0 Å². The van der Waals surface area contributed by atoms with Gasteiger partial charge < -0.3 is 10.6 Å². The SMILES string of the molecule is CCN(CC(N)c1cccs1)c1cccc(F)c1. The molecule has 0 amide bonds. The Hall–Kier alpha value is -1.39. The van der Waals surface area contributed by atoms with Gasteiger partial charge in [0.05, 0.1) is 6.04 Å². The highest BCUT2D eigenvalue weighted by atomic mass is 32.1. The van der Waals surface area contributed by atoms with Gasteiger partial charge in [-0.3, -0.25) is 0 Å². The van der Waals surface area contributed by atoms with Gasteiger partial charge in [0, 0.05) is 23.7 Å². The van der Waals surface area contributed by atoms with Crippen LogP contribution in [0.5, 0.6) is 0 Å². The summed E-state index contributed by atoms with van der Waals surface area (Å²) in [6, 6.07) is 10.6. The first-order valence-electron chi connectivity index (χ1n) is 6.00. The van der Waals surface area contributed by atoms with Crippen molar-refractivity contribution in [2.24, 2.45) is 5.73 Å². The Morgan fingerprint density at radius 1 is 1.33 bits per heavy atom. The first-order valence-corrected chi connectivity index (χ1v) is 6.88. The predicted molar refractivity (Wildman–Crippen MR) is 75.5 cm³/mol. The number of thiophene rings is 1. The van der Waals surface area contributed by atoms with Crippen LogP contribution in [0, 0.1) is 5.82 Å². The Bertz CT molecular complexity index is 484. The lowest BCUT2D eigenvalue weighted by Gasteiger charge is -2.26. The molecule has 1 aromatic heterocycles. The molecule has 2 rings (SSSR count). The molecule has 4 heteroatoms. The van der Waals surface area contributed by atoms with Crippen molar-refractivity contribution in [2.75, 3.05) is 18.0 Å². The number of hydrogen-bond donors (Lipinski definition) is 1. The maximum absolute atomic E-state index is 13.2. The Morgan fingerprint density at radius 2 is 2.17 bits per heavy atom. The van der Waals surface area contributed by atoms with Gasteiger partial charge in [-0.05, 0) is 36.6 Å². The van der Waals surface area contributed by atoms with Gasteiger partial charge in [0.2, 0.25) is 0 Å². The Balaban J connectivity index is 2.10. The van der Waals surface area contributed by atoms with E-state index in [2.05, 4.69) is 4.90 Å². The third-order valence-electron chi connectivity index (χ3n) is 2.88. The molecule has 1 unspecified atom stereocenters. The fraction of sp³-hybridized carbons (Fsp3) is 0.286. The number of likely N-dealkylation sites (N-methyl/N-ethyl adjacent to an activating group) is 1. The number of halogens is 1. The van der Waals surface area contributed by atoms with Crippen molar-refractivity contribution in [3.8, 4) is 0 Å². The van der Waals surface area contributed by atoms with Crippen LogP contribution in [0.1, 0.15) is 17.8 Å². The topological polar surface area (TPSA) is 29.3 Å². The second kappa shape index (κ2) is 5.98. The van der Waals surface area contributed by atoms with E-state index >= 15 is 0 Å². The van der Waals surface area contributed by atoms with Crippen LogP contribution >= 0.6 is 11.3 Å². The maximum atomic E-state index is 13.2. The number of hydrogen-bond acceptors (Lipinski definition) is 3. The molecule has 0 saturated carbocycles. The fourth-order valence-electron chi connectivity index (χ4n) is 1.92. The normalized spacial score (nSPS) is 12.4. The summed E-state index contributed by atoms with van der Waals surface area (Å²) in [5.41, 5.74) is 7.05. The molecular weight excluding hydrogens is 247 g/mol. The minimum absolute atomic E-state index is 0.0341. The zero-order valence-electron chi connectivity index (χ0n) is 10.3. The van der Waals surface area contributed by atoms with Crippen LogP contribution in [0.4, 0.5) is 10.1 Å². The molecule has 0 aliphatic carbocycles. The second-order valence-electron chi connectivity index (χ2n) is 4.14. The molecule has 2 aromatic rings. The van der Waals surface area contributed by atoms with E-state index in [4.69, 9.17) is 5.73 Å². The van der Waals surface area contributed by atoms with Crippen molar-refractivity contribution in [1.29, 1.82) is 0 Å². The highest BCUT2D eigenvalue weighted by Crippen LogP contribution is 2.21. The summed E-state index contributed by atoms with van der Waals surface area (Å²) < 4.78 is 13.2. The quantitative estimate of drug-likeness (QED) is 0.896. The number of benzene rings is 1. The summed E-state index contributed by atoms with van der Waals surface area (Å²) in [4.78, 5) is 3.25. The zero-order valence-corrected chi connectivity index (χ0v) is 11.2. The summed E-state index contributed by atoms with van der Waals surface area (Å²) in [5, 5.41) is 2.02. The molecule has 2 N–H and O–H groups in total. The minimum atomic E-state index is -0.212. The van der Waals surface area contributed by atoms with Gasteiger partial charge in [0.1, 0.15) is 5.82 Å². The summed E-state index contributed by atoms with van der Waals surface area (Å²) in [7, 11) is 0. The summed E-state index contributed by atoms with van der Waals surface area (Å²) in [6.07, 6.45) is 0. The predicted octanol–water partition coefficient (Wildman–Crippen LogP) is 3.41. The van der Waals surface area contributed by atoms with E-state index in [0.717, 1.165) is 17.1 Å². The van der Waals surface area contributed by atoms with Crippen molar-refractivity contribution in [2.45, 2.75) is 13.0 Å². The van der Waals surface area contributed by atoms with E-state index < -0.39 is 0 Å². The standard InChI is InChI=1S/C14H17FN2S/c1-2-17(12-6-3-5-11(15)9-12)10-13(16)14-7-4-8-18-14/h3-9,13H,2,10,16H2,1H3. The van der Waals surface area contributed by atoms with Crippen molar-refractivity contribution in [3.05, 3.63) is 52.5 Å². The largest absolute Gasteiger partial charge is 0.370 e. The average molecular weight is 264 g/mol. The average Bonchev–Trinajstić information content (AvgIpc) is 2.89. The van der Waals surface area contributed by atoms with Crippen LogP contribution in [0.3, 0.4) is 0 Å². The van der Waals surface area contributed by atoms with Gasteiger partial charge in [-0.2, -0.15) is 0 Å². The van der Waals surface area contributed by atoms with Gasteiger partial charge in [0.25, 0.3) is 0 Å². The minimum Gasteiger partial charge on any atom is -0.370 e. The number of anilines is 1. The highest BCUT2D eigenvalue weighted by molar-refractivity contribution is 7.10. The Kier molecular flexibility index (Phi) is 4.33. The van der Waals surface area contributed by atoms with Crippen molar-refractivity contribution < 1.29 is 4.39 Å². The molecule has 2 nitrogen and oxygen atoms in total. The van der Waals surface area contributed by atoms with Crippen LogP contribution in [0.25, 0.3) is 0 Å². The van der Waals surface area contributed by atoms with Crippen LogP contribution in [0.15, 0.2) is 41.8 Å². The molecule has 0 bridgehead atoms. The molecular formula is C14H17FN2S. The van der Waals surface area contributed by atoms with Crippen LogP contribution in [-0.2, 0) is 0 Å². The molecule has 0 fully saturated rings. The first-order chi connectivity index (χ1) is 8.70. The van der Waals surface area contributed by atoms with Gasteiger partial charge in [0.15, 0.2) is 0 Å². The number of nitrogens with two attached hydrogens (primary N) is 1. The maximum Gasteiger partial charge on any atom is 0.125 e. The molecule has 0 saturated heterocycles. The molecule has 0 radical (unpaired) electrons. The van der Waals surface area contributed by atoms with Gasteiger partial charge in [-0.25, -0.2) is 4.39 Å². The van der Waals surface area contributed by atoms with E-state index in [1.54, 1.807) is 23.5 Å². The van der Waals surface area contributed by atoms with Crippen LogP contribution in [0.2, 0.25) is 0 Å². The van der Waals surface area contributed by atoms with Gasteiger partial charge in [-0.1, -0.05) is 12.1 Å². The van der Waals surface area contributed by atoms with Crippen LogP contribution in [-0.4, -0.2) is 13.1 Å². The van der Waals surface area contributed by atoms with E-state index in [-0.39, 0.29) is 11.9 Å². The third-order valence-corrected chi connectivity index (χ3v) is 3.89. The molecule has 96 valence electrons. The van der Waals surface area contributed by atoms with E-state index in [1.165, 1.54) is 6.07 Å². The molecule has 1 aromatic carbocycles. The van der Waals surface area contributed by atoms with Crippen molar-refractivity contribution in [3.63, 3.8) is 0 Å². The summed E-state index contributed by atoms with van der Waals surface area (Å²) in [5.74, 6) is -0.212. The van der Waals surface area contributed by atoms with Gasteiger partial charge in [-0.15, -0.1) is 11.3 Å². The summed E-state index contributed by atoms with van der Waals surface area (Å²) >= 11 is 1.66. The fourth-order valence-corrected chi connectivity index (χ4v) is 2.64. The molecule has 0 aliphatic heterocycles. The Morgan fingerprint density at radius 3 is 2.78 bits per heavy atom.